The fourth-order valence-corrected chi connectivity index (χ4v) is 16.9. The highest BCUT2D eigenvalue weighted by molar-refractivity contribution is 7.12. The molecule has 20 rings (SSSR count). The lowest BCUT2D eigenvalue weighted by atomic mass is 9.98. The van der Waals surface area contributed by atoms with E-state index in [4.69, 9.17) is 0 Å². The van der Waals surface area contributed by atoms with Crippen LogP contribution in [0.2, 0.25) is 0 Å². The molecule has 5 aliphatic rings. The molecular formula is C109H97N21O12S. The van der Waals surface area contributed by atoms with E-state index in [0.29, 0.717) is 190 Å². The number of hydrogen-bond acceptors (Lipinski definition) is 23. The Bertz CT molecular complexity index is 8100. The quantitative estimate of drug-likeness (QED) is 0.0171. The van der Waals surface area contributed by atoms with Crippen LogP contribution in [0.25, 0.3) is 38.3 Å². The highest BCUT2D eigenvalue weighted by atomic mass is 32.1. The van der Waals surface area contributed by atoms with Gasteiger partial charge < -0.3 is 56.9 Å². The predicted molar refractivity (Wildman–Crippen MR) is 561 cm³/mol. The second-order valence-corrected chi connectivity index (χ2v) is 34.9. The van der Waals surface area contributed by atoms with Crippen LogP contribution in [0.4, 0.5) is 28.4 Å². The third-order valence-corrected chi connectivity index (χ3v) is 24.2. The smallest absolute Gasteiger partial charge is 0.273 e. The van der Waals surface area contributed by atoms with Gasteiger partial charge in [-0.25, -0.2) is 15.0 Å². The Kier molecular flexibility index (Phi) is 29.1. The number of allylic oxidation sites excluding steroid dienone is 2. The molecule has 0 radical (unpaired) electrons. The molecule has 0 aliphatic carbocycles. The number of aromatic amines is 3. The minimum absolute atomic E-state index is 0. The fourth-order valence-electron chi connectivity index (χ4n) is 16.3. The maximum Gasteiger partial charge on any atom is 0.273 e. The zero-order valence-electron chi connectivity index (χ0n) is 78.3. The highest BCUT2D eigenvalue weighted by Gasteiger charge is 2.28. The molecule has 11 N–H and O–H groups in total. The first-order chi connectivity index (χ1) is 68.5. The van der Waals surface area contributed by atoms with Crippen molar-refractivity contribution < 1.29 is 58.5 Å². The number of anilines is 5. The molecule has 143 heavy (non-hydrogen) atoms. The van der Waals surface area contributed by atoms with Crippen LogP contribution in [-0.2, 0) is 25.4 Å². The van der Waals surface area contributed by atoms with E-state index in [1.807, 2.05) is 96.4 Å². The summed E-state index contributed by atoms with van der Waals surface area (Å²) in [6, 6.07) is 56.5. The van der Waals surface area contributed by atoms with Crippen LogP contribution in [0.5, 0.6) is 17.6 Å². The van der Waals surface area contributed by atoms with Crippen LogP contribution < -0.4 is 26.6 Å². The summed E-state index contributed by atoms with van der Waals surface area (Å²) in [7, 11) is 3.40. The highest BCUT2D eigenvalue weighted by Crippen LogP contribution is 2.37. The average molecular weight is 1930 g/mol. The molecule has 15 aromatic rings. The summed E-state index contributed by atoms with van der Waals surface area (Å²) in [4.78, 5) is 155. The summed E-state index contributed by atoms with van der Waals surface area (Å²) in [5.41, 5.74) is 19.1. The lowest BCUT2D eigenvalue weighted by Gasteiger charge is -2.08. The SMILES string of the molecule is C.CC1=CC(C/C=C2\C(=O)Nc3cc(C(=O)c4cccc(NC(=O)c5cccs5)c4)ccc32)=NC1.CC1=CC(N=Cc2c(O)[nH]c3cc(C(=O)c4cccc(NC(=O)c5cc(C)nn5C)c4)ccc23)=NC1.CCn1nc(C)cc1C(=O)Nc1ccc(C(=O)c2ccc3c(C=NC4=NCC(C)=C4)c(O)[nH]c3c2)cc1.Cc1cc(C(=O)Nc2cccc(C(=O)c3ccc4c(C=NC5=NCC=C5)c(O)[nH]c4c3)c2)n(C)n1. The van der Waals surface area contributed by atoms with E-state index in [2.05, 4.69) is 91.8 Å². The first kappa shape index (κ1) is 97.6. The number of fused-ring (bicyclic) bond motifs is 4. The van der Waals surface area contributed by atoms with Gasteiger partial charge in [0.1, 0.15) is 34.6 Å². The van der Waals surface area contributed by atoms with E-state index in [0.717, 1.165) is 55.7 Å². The zero-order valence-corrected chi connectivity index (χ0v) is 79.1. The van der Waals surface area contributed by atoms with Gasteiger partial charge in [0.2, 0.25) is 0 Å². The van der Waals surface area contributed by atoms with Gasteiger partial charge in [-0.15, -0.1) is 11.3 Å². The van der Waals surface area contributed by atoms with Crippen LogP contribution in [0.3, 0.4) is 0 Å². The van der Waals surface area contributed by atoms with Gasteiger partial charge in [-0.1, -0.05) is 116 Å². The van der Waals surface area contributed by atoms with Crippen LogP contribution >= 0.6 is 11.3 Å². The molecular weight excluding hydrogens is 1830 g/mol. The van der Waals surface area contributed by atoms with E-state index in [1.165, 1.54) is 26.3 Å². The Morgan fingerprint density at radius 1 is 0.434 bits per heavy atom. The second kappa shape index (κ2) is 42.7. The molecule has 33 nitrogen and oxygen atoms in total. The third kappa shape index (κ3) is 22.5. The molecule has 0 bridgehead atoms. The van der Waals surface area contributed by atoms with Crippen molar-refractivity contribution >= 4 is 173 Å². The molecule has 5 amide bonds. The van der Waals surface area contributed by atoms with Crippen molar-refractivity contribution in [3.05, 3.63) is 365 Å². The maximum atomic E-state index is 13.2. The summed E-state index contributed by atoms with van der Waals surface area (Å²) < 4.78 is 4.67. The fraction of sp³-hybridized carbons (Fsp3) is 0.147. The van der Waals surface area contributed by atoms with Gasteiger partial charge in [-0.2, -0.15) is 15.3 Å². The second-order valence-electron chi connectivity index (χ2n) is 34.0. The lowest BCUT2D eigenvalue weighted by molar-refractivity contribution is -0.110. The average Bonchev–Trinajstić information content (AvgIpc) is 1.66. The third-order valence-electron chi connectivity index (χ3n) is 23.3. The number of aryl methyl sites for hydroxylation is 6. The van der Waals surface area contributed by atoms with Crippen molar-refractivity contribution in [3.8, 4) is 17.6 Å². The van der Waals surface area contributed by atoms with Crippen molar-refractivity contribution in [3.63, 3.8) is 0 Å². The summed E-state index contributed by atoms with van der Waals surface area (Å²) in [5, 5.41) is 62.1. The summed E-state index contributed by atoms with van der Waals surface area (Å²) >= 11 is 1.35. The number of aromatic hydroxyl groups is 3. The molecule has 7 aromatic heterocycles. The van der Waals surface area contributed by atoms with Gasteiger partial charge in [0.15, 0.2) is 40.8 Å². The van der Waals surface area contributed by atoms with Gasteiger partial charge in [-0.05, 0) is 198 Å². The molecule has 0 saturated carbocycles. The van der Waals surface area contributed by atoms with Gasteiger partial charge in [0.05, 0.1) is 64.8 Å². The number of carbonyl (C=O) groups excluding carboxylic acids is 9. The molecule has 0 fully saturated rings. The summed E-state index contributed by atoms with van der Waals surface area (Å²) in [6.45, 7) is 16.6. The number of thiophene rings is 1. The molecule has 0 spiro atoms. The number of nitrogens with zero attached hydrogens (tertiary/aromatic N) is 13. The molecule has 0 saturated heterocycles. The minimum atomic E-state index is -0.311. The number of nitrogens with one attached hydrogen (secondary N) is 8. The van der Waals surface area contributed by atoms with E-state index in [9.17, 15) is 58.5 Å². The monoisotopic (exact) mass is 1920 g/mol. The minimum Gasteiger partial charge on any atom is -0.494 e. The molecule has 8 aromatic carbocycles. The first-order valence-electron chi connectivity index (χ1n) is 45.1. The number of benzene rings is 8. The standard InChI is InChI=1S/C28H26N6O3.C27H24N6O3.C27H21N3O3S.C26H22N6O3.CH4/c1-4-34-24(12-17(3)33-34)28(37)31-20-8-5-18(6-9-20)26(35)19-7-10-21-22(27(36)32-23(21)13-19)15-30-25-11-16(2)14-29-25;1-15-9-24(28-13-15)29-14-21-20-8-7-18(12-22(20)31-26(21)35)25(34)17-5-4-6-19(11-17)30-27(36)23-10-16(2)32-33(23)3;1-16-12-19(28-15-16)8-10-22-21-9-7-18(14-23(21)30-26(22)32)25(31)17-4-2-5-20(13-17)29-27(33)24-6-3-11-34-24;1-15-11-22(32(2)31-15)26(35)29-18-6-3-5-16(12-18)24(33)17-8-9-19-20(25(34)30-21(19)13-17)14-28-23-7-4-10-27-23;/h5-13,15,32,36H,4,14H2,1-3H3,(H,31,37);4-12,14,31,35H,13H2,1-3H3,(H,30,36);2-7,9-14H,8,15H2,1H3,(H,29,33)(H,30,32);3-9,11-14,30,34H,10H2,1-2H3,(H,29,35);1H4/b;;22-10-;;. The number of rotatable bonds is 22. The molecule has 5 aliphatic heterocycles. The molecule has 0 atom stereocenters. The number of amides is 5. The van der Waals surface area contributed by atoms with Crippen molar-refractivity contribution in [1.29, 1.82) is 0 Å². The van der Waals surface area contributed by atoms with Crippen molar-refractivity contribution in [1.82, 2.24) is 44.3 Å². The van der Waals surface area contributed by atoms with E-state index < -0.39 is 0 Å². The van der Waals surface area contributed by atoms with Gasteiger partial charge in [-0.3, -0.25) is 77.2 Å². The lowest BCUT2D eigenvalue weighted by Crippen LogP contribution is -2.17. The molecule has 34 heteroatoms. The topological polar surface area (TPSA) is 462 Å². The Balaban J connectivity index is 0.000000137. The number of amidine groups is 3. The van der Waals surface area contributed by atoms with Crippen molar-refractivity contribution in [2.45, 2.75) is 68.9 Å². The summed E-state index contributed by atoms with van der Waals surface area (Å²) in [6.07, 6.45) is 16.7. The Morgan fingerprint density at radius 3 is 1.27 bits per heavy atom. The number of aromatic nitrogens is 9. The van der Waals surface area contributed by atoms with Crippen LogP contribution in [0, 0.1) is 20.8 Å². The Labute approximate surface area is 823 Å². The molecule has 0 unspecified atom stereocenters. The number of carbonyl (C=O) groups is 9. The summed E-state index contributed by atoms with van der Waals surface area (Å²) in [5.74, 6) is -0.353. The first-order valence-corrected chi connectivity index (χ1v) is 46.0. The van der Waals surface area contributed by atoms with Gasteiger partial charge in [0, 0.05) is 168 Å². The van der Waals surface area contributed by atoms with Crippen LogP contribution in [0.1, 0.15) is 186 Å². The normalized spacial score (nSPS) is 13.7. The number of ketones is 4. The zero-order chi connectivity index (χ0) is 99.7. The molecule has 12 heterocycles. The Morgan fingerprint density at radius 2 is 0.846 bits per heavy atom. The largest absolute Gasteiger partial charge is 0.494 e. The molecule has 716 valence electrons. The van der Waals surface area contributed by atoms with Crippen molar-refractivity contribution in [2.24, 2.45) is 49.0 Å². The Hall–Kier alpha value is -18.5. The van der Waals surface area contributed by atoms with Crippen LogP contribution in [-0.4, -0.2) is 180 Å². The van der Waals surface area contributed by atoms with Gasteiger partial charge >= 0.3 is 0 Å². The van der Waals surface area contributed by atoms with E-state index in [1.54, 1.807) is 232 Å². The van der Waals surface area contributed by atoms with Crippen LogP contribution in [0.15, 0.2) is 294 Å². The number of H-pyrrole nitrogens is 3. The van der Waals surface area contributed by atoms with Gasteiger partial charge in [0.25, 0.3) is 29.5 Å². The van der Waals surface area contributed by atoms with E-state index in [-0.39, 0.29) is 77.7 Å². The van der Waals surface area contributed by atoms with Crippen molar-refractivity contribution in [2.75, 3.05) is 52.8 Å². The predicted octanol–water partition coefficient (Wildman–Crippen LogP) is 18.6. The van der Waals surface area contributed by atoms with E-state index >= 15 is 0 Å². The maximum absolute atomic E-state index is 13.2. The number of hydrogen-bond donors (Lipinski definition) is 11. The number of aliphatic imine (C=N–C) groups is 7.